The van der Waals surface area contributed by atoms with E-state index in [-0.39, 0.29) is 0 Å². The fourth-order valence-corrected chi connectivity index (χ4v) is 2.00. The van der Waals surface area contributed by atoms with Gasteiger partial charge in [-0.3, -0.25) is 0 Å². The maximum atomic E-state index is 3.22. The fourth-order valence-electron chi connectivity index (χ4n) is 2.00. The first-order valence-electron chi connectivity index (χ1n) is 6.09. The molecule has 0 aliphatic rings. The molecule has 16 heavy (non-hydrogen) atoms. The summed E-state index contributed by atoms with van der Waals surface area (Å²) in [6.07, 6.45) is 1.14. The summed E-state index contributed by atoms with van der Waals surface area (Å²) >= 11 is 0. The van der Waals surface area contributed by atoms with Crippen molar-refractivity contribution < 1.29 is 0 Å². The van der Waals surface area contributed by atoms with Crippen LogP contribution in [0.3, 0.4) is 0 Å². The van der Waals surface area contributed by atoms with Crippen molar-refractivity contribution in [3.8, 4) is 0 Å². The average molecular weight is 220 g/mol. The van der Waals surface area contributed by atoms with Gasteiger partial charge in [0.05, 0.1) is 0 Å². The van der Waals surface area contributed by atoms with E-state index < -0.39 is 0 Å². The van der Waals surface area contributed by atoms with E-state index in [9.17, 15) is 0 Å². The SMILES string of the molecule is CNCC(C)CN(C)CCc1ccccc1. The first-order valence-corrected chi connectivity index (χ1v) is 6.09. The van der Waals surface area contributed by atoms with Crippen molar-refractivity contribution in [3.05, 3.63) is 35.9 Å². The van der Waals surface area contributed by atoms with Gasteiger partial charge in [0.1, 0.15) is 0 Å². The second-order valence-corrected chi connectivity index (χ2v) is 4.66. The molecule has 1 rings (SSSR count). The van der Waals surface area contributed by atoms with E-state index in [1.807, 2.05) is 7.05 Å². The summed E-state index contributed by atoms with van der Waals surface area (Å²) in [6.45, 7) is 5.68. The lowest BCUT2D eigenvalue weighted by molar-refractivity contribution is 0.286. The topological polar surface area (TPSA) is 15.3 Å². The van der Waals surface area contributed by atoms with E-state index in [1.54, 1.807) is 0 Å². The molecule has 0 fully saturated rings. The Kier molecular flexibility index (Phi) is 6.12. The Labute approximate surface area is 99.7 Å². The quantitative estimate of drug-likeness (QED) is 0.756. The molecule has 0 aromatic heterocycles. The predicted molar refractivity (Wildman–Crippen MR) is 70.7 cm³/mol. The van der Waals surface area contributed by atoms with Crippen LogP contribution in [0.2, 0.25) is 0 Å². The Morgan fingerprint density at radius 2 is 1.94 bits per heavy atom. The lowest BCUT2D eigenvalue weighted by Crippen LogP contribution is -2.31. The summed E-state index contributed by atoms with van der Waals surface area (Å²) in [6, 6.07) is 10.7. The third kappa shape index (κ3) is 5.29. The molecule has 0 bridgehead atoms. The lowest BCUT2D eigenvalue weighted by atomic mass is 10.1. The first kappa shape index (κ1) is 13.2. The third-order valence-electron chi connectivity index (χ3n) is 2.80. The second-order valence-electron chi connectivity index (χ2n) is 4.66. The molecule has 0 heterocycles. The number of rotatable bonds is 7. The van der Waals surface area contributed by atoms with Crippen molar-refractivity contribution >= 4 is 0 Å². The monoisotopic (exact) mass is 220 g/mol. The minimum Gasteiger partial charge on any atom is -0.319 e. The summed E-state index contributed by atoms with van der Waals surface area (Å²) in [5.74, 6) is 0.714. The Balaban J connectivity index is 2.22. The van der Waals surface area contributed by atoms with E-state index in [0.717, 1.165) is 26.1 Å². The molecular weight excluding hydrogens is 196 g/mol. The van der Waals surface area contributed by atoms with Crippen LogP contribution >= 0.6 is 0 Å². The van der Waals surface area contributed by atoms with Crippen LogP contribution in [0.4, 0.5) is 0 Å². The summed E-state index contributed by atoms with van der Waals surface area (Å²) < 4.78 is 0. The van der Waals surface area contributed by atoms with Gasteiger partial charge in [0, 0.05) is 13.1 Å². The molecule has 2 nitrogen and oxygen atoms in total. The Morgan fingerprint density at radius 1 is 1.25 bits per heavy atom. The standard InChI is InChI=1S/C14H24N2/c1-13(11-15-2)12-16(3)10-9-14-7-5-4-6-8-14/h4-8,13,15H,9-12H2,1-3H3. The van der Waals surface area contributed by atoms with Crippen molar-refractivity contribution in [1.29, 1.82) is 0 Å². The molecule has 2 heteroatoms. The third-order valence-corrected chi connectivity index (χ3v) is 2.80. The zero-order valence-corrected chi connectivity index (χ0v) is 10.7. The highest BCUT2D eigenvalue weighted by molar-refractivity contribution is 5.14. The van der Waals surface area contributed by atoms with Crippen molar-refractivity contribution in [1.82, 2.24) is 10.2 Å². The maximum absolute atomic E-state index is 3.22. The zero-order valence-electron chi connectivity index (χ0n) is 10.7. The Bertz CT molecular complexity index is 271. The van der Waals surface area contributed by atoms with Gasteiger partial charge >= 0.3 is 0 Å². The van der Waals surface area contributed by atoms with Crippen LogP contribution in [0, 0.1) is 5.92 Å². The van der Waals surface area contributed by atoms with Crippen LogP contribution in [-0.4, -0.2) is 38.6 Å². The number of nitrogens with zero attached hydrogens (tertiary/aromatic N) is 1. The molecule has 1 unspecified atom stereocenters. The van der Waals surface area contributed by atoms with Crippen molar-refractivity contribution in [3.63, 3.8) is 0 Å². The molecule has 0 amide bonds. The van der Waals surface area contributed by atoms with Crippen LogP contribution in [0.25, 0.3) is 0 Å². The van der Waals surface area contributed by atoms with Gasteiger partial charge in [0.15, 0.2) is 0 Å². The van der Waals surface area contributed by atoms with E-state index in [0.29, 0.717) is 5.92 Å². The highest BCUT2D eigenvalue weighted by Gasteiger charge is 2.05. The summed E-state index contributed by atoms with van der Waals surface area (Å²) in [5, 5.41) is 3.22. The largest absolute Gasteiger partial charge is 0.319 e. The van der Waals surface area contributed by atoms with Crippen molar-refractivity contribution in [2.45, 2.75) is 13.3 Å². The molecule has 0 saturated carbocycles. The Hall–Kier alpha value is -0.860. The van der Waals surface area contributed by atoms with Gasteiger partial charge < -0.3 is 10.2 Å². The molecule has 90 valence electrons. The van der Waals surface area contributed by atoms with Gasteiger partial charge in [-0.1, -0.05) is 37.3 Å². The van der Waals surface area contributed by atoms with E-state index in [1.165, 1.54) is 5.56 Å². The van der Waals surface area contributed by atoms with Gasteiger partial charge in [-0.2, -0.15) is 0 Å². The summed E-state index contributed by atoms with van der Waals surface area (Å²) in [4.78, 5) is 2.41. The Morgan fingerprint density at radius 3 is 2.56 bits per heavy atom. The van der Waals surface area contributed by atoms with Crippen molar-refractivity contribution in [2.24, 2.45) is 5.92 Å². The second kappa shape index (κ2) is 7.42. The fraction of sp³-hybridized carbons (Fsp3) is 0.571. The highest BCUT2D eigenvalue weighted by atomic mass is 15.1. The van der Waals surface area contributed by atoms with Gasteiger partial charge in [-0.05, 0) is 38.5 Å². The minimum atomic E-state index is 0.714. The lowest BCUT2D eigenvalue weighted by Gasteiger charge is -2.21. The summed E-state index contributed by atoms with van der Waals surface area (Å²) in [5.41, 5.74) is 1.43. The van der Waals surface area contributed by atoms with Crippen LogP contribution in [0.1, 0.15) is 12.5 Å². The van der Waals surface area contributed by atoms with Crippen LogP contribution in [0.5, 0.6) is 0 Å². The zero-order chi connectivity index (χ0) is 11.8. The van der Waals surface area contributed by atoms with E-state index in [4.69, 9.17) is 0 Å². The predicted octanol–water partition coefficient (Wildman–Crippen LogP) is 2.02. The molecule has 1 aromatic rings. The number of hydrogen-bond donors (Lipinski definition) is 1. The highest BCUT2D eigenvalue weighted by Crippen LogP contribution is 2.02. The molecule has 0 radical (unpaired) electrons. The number of nitrogens with one attached hydrogen (secondary N) is 1. The molecule has 0 saturated heterocycles. The van der Waals surface area contributed by atoms with Crippen LogP contribution < -0.4 is 5.32 Å². The number of benzene rings is 1. The maximum Gasteiger partial charge on any atom is 0.00189 e. The van der Waals surface area contributed by atoms with Gasteiger partial charge in [0.2, 0.25) is 0 Å². The molecule has 1 N–H and O–H groups in total. The van der Waals surface area contributed by atoms with E-state index >= 15 is 0 Å². The van der Waals surface area contributed by atoms with Gasteiger partial charge in [-0.25, -0.2) is 0 Å². The number of hydrogen-bond acceptors (Lipinski definition) is 2. The molecule has 1 atom stereocenters. The summed E-state index contributed by atoms with van der Waals surface area (Å²) in [7, 11) is 4.22. The average Bonchev–Trinajstić information content (AvgIpc) is 2.28. The minimum absolute atomic E-state index is 0.714. The molecule has 0 spiro atoms. The molecule has 0 aliphatic heterocycles. The molecular formula is C14H24N2. The van der Waals surface area contributed by atoms with Crippen LogP contribution in [0.15, 0.2) is 30.3 Å². The first-order chi connectivity index (χ1) is 7.72. The van der Waals surface area contributed by atoms with Crippen molar-refractivity contribution in [2.75, 3.05) is 33.7 Å². The number of likely N-dealkylation sites (N-methyl/N-ethyl adjacent to an activating group) is 1. The normalized spacial score (nSPS) is 13.0. The molecule has 0 aliphatic carbocycles. The smallest absolute Gasteiger partial charge is 0.00189 e. The van der Waals surface area contributed by atoms with Gasteiger partial charge in [0.25, 0.3) is 0 Å². The molecule has 1 aromatic carbocycles. The van der Waals surface area contributed by atoms with Crippen LogP contribution in [-0.2, 0) is 6.42 Å². The van der Waals surface area contributed by atoms with E-state index in [2.05, 4.69) is 54.5 Å². The van der Waals surface area contributed by atoms with Gasteiger partial charge in [-0.15, -0.1) is 0 Å².